The fourth-order valence-electron chi connectivity index (χ4n) is 1.78. The molecule has 0 saturated carbocycles. The first-order chi connectivity index (χ1) is 7.29. The van der Waals surface area contributed by atoms with E-state index in [4.69, 9.17) is 0 Å². The fourth-order valence-corrected chi connectivity index (χ4v) is 4.05. The van der Waals surface area contributed by atoms with Crippen LogP contribution in [0.2, 0.25) is 0 Å². The predicted molar refractivity (Wildman–Crippen MR) is 90.0 cm³/mol. The summed E-state index contributed by atoms with van der Waals surface area (Å²) < 4.78 is 2.81. The minimum Gasteiger partial charge on any atom is -0.0729 e. The Morgan fingerprint density at radius 1 is 0.750 bits per heavy atom. The Morgan fingerprint density at radius 2 is 1.25 bits per heavy atom. The summed E-state index contributed by atoms with van der Waals surface area (Å²) in [5.74, 6) is 0. The molecule has 88 valence electrons. The summed E-state index contributed by atoms with van der Waals surface area (Å²) in [6.45, 7) is 13.3. The number of hydrogen-bond acceptors (Lipinski definition) is 0. The highest BCUT2D eigenvalue weighted by Crippen LogP contribution is 2.34. The lowest BCUT2D eigenvalue weighted by Gasteiger charge is -2.18. The molecular weight excluding hydrogens is 422 g/mol. The second-order valence-electron chi connectivity index (χ2n) is 4.50. The Hall–Kier alpha value is 0.420. The molecule has 0 atom stereocenters. The maximum Gasteiger partial charge on any atom is 0.0248 e. The van der Waals surface area contributed by atoms with E-state index in [0.717, 1.165) is 0 Å². The number of benzene rings is 1. The van der Waals surface area contributed by atoms with Gasteiger partial charge in [0.2, 0.25) is 0 Å². The van der Waals surface area contributed by atoms with Crippen LogP contribution in [-0.4, -0.2) is 0 Å². The summed E-state index contributed by atoms with van der Waals surface area (Å²) in [6, 6.07) is 0. The minimum atomic E-state index is 1.40. The van der Waals surface area contributed by atoms with Gasteiger partial charge in [-0.25, -0.2) is 0 Å². The normalized spacial score (nSPS) is 10.5. The molecule has 0 heterocycles. The number of halogens is 2. The molecule has 0 radical (unpaired) electrons. The van der Waals surface area contributed by atoms with Crippen molar-refractivity contribution in [1.82, 2.24) is 0 Å². The van der Waals surface area contributed by atoms with Gasteiger partial charge < -0.3 is 0 Å². The van der Waals surface area contributed by atoms with Crippen molar-refractivity contribution < 1.29 is 0 Å². The van der Waals surface area contributed by atoms with E-state index in [9.17, 15) is 0 Å². The molecule has 0 aliphatic rings. The van der Waals surface area contributed by atoms with Gasteiger partial charge in [0, 0.05) is 7.14 Å². The lowest BCUT2D eigenvalue weighted by Crippen LogP contribution is -2.02. The van der Waals surface area contributed by atoms with E-state index in [0.29, 0.717) is 0 Å². The summed E-state index contributed by atoms with van der Waals surface area (Å²) in [5.41, 5.74) is 8.54. The highest BCUT2D eigenvalue weighted by Gasteiger charge is 2.15. The Balaban J connectivity index is 3.72. The van der Waals surface area contributed by atoms with Crippen LogP contribution in [-0.2, 0) is 0 Å². The van der Waals surface area contributed by atoms with Gasteiger partial charge in [-0.3, -0.25) is 0 Å². The predicted octanol–water partition coefficient (Wildman–Crippen LogP) is 5.63. The van der Waals surface area contributed by atoms with Crippen molar-refractivity contribution in [1.29, 1.82) is 0 Å². The quantitative estimate of drug-likeness (QED) is 0.497. The molecule has 0 aliphatic heterocycles. The van der Waals surface area contributed by atoms with Crippen LogP contribution < -0.4 is 0 Å². The van der Waals surface area contributed by atoms with Crippen molar-refractivity contribution in [3.63, 3.8) is 0 Å². The number of rotatable bonds is 1. The molecule has 0 amide bonds. The van der Waals surface area contributed by atoms with Crippen LogP contribution in [0.25, 0.3) is 5.57 Å². The van der Waals surface area contributed by atoms with Crippen molar-refractivity contribution in [2.75, 3.05) is 0 Å². The van der Waals surface area contributed by atoms with E-state index >= 15 is 0 Å². The topological polar surface area (TPSA) is 0 Å². The van der Waals surface area contributed by atoms with Crippen LogP contribution in [0.3, 0.4) is 0 Å². The lowest BCUT2D eigenvalue weighted by molar-refractivity contribution is 1.21. The van der Waals surface area contributed by atoms with Gasteiger partial charge in [0.15, 0.2) is 0 Å². The number of allylic oxidation sites excluding steroid dienone is 2. The van der Waals surface area contributed by atoms with Crippen LogP contribution in [0.5, 0.6) is 0 Å². The van der Waals surface area contributed by atoms with Gasteiger partial charge in [-0.15, -0.1) is 0 Å². The van der Waals surface area contributed by atoms with E-state index < -0.39 is 0 Å². The van der Waals surface area contributed by atoms with Crippen LogP contribution in [0.15, 0.2) is 5.57 Å². The van der Waals surface area contributed by atoms with Gasteiger partial charge >= 0.3 is 0 Å². The molecule has 1 aromatic carbocycles. The lowest BCUT2D eigenvalue weighted by atomic mass is 9.93. The standard InChI is InChI=1S/C14H18I2/c1-7(2)8(3)12-9(4)10(5)13(15)11(6)14(12)16/h1-6H3. The Morgan fingerprint density at radius 3 is 1.69 bits per heavy atom. The maximum atomic E-state index is 2.48. The number of hydrogen-bond donors (Lipinski definition) is 0. The van der Waals surface area contributed by atoms with Gasteiger partial charge in [0.25, 0.3) is 0 Å². The van der Waals surface area contributed by atoms with Gasteiger partial charge in [0.1, 0.15) is 0 Å². The van der Waals surface area contributed by atoms with E-state index in [1.54, 1.807) is 0 Å². The van der Waals surface area contributed by atoms with Crippen LogP contribution in [0.4, 0.5) is 0 Å². The first-order valence-corrected chi connectivity index (χ1v) is 7.54. The minimum absolute atomic E-state index is 1.40. The van der Waals surface area contributed by atoms with Gasteiger partial charge in [-0.1, -0.05) is 5.57 Å². The molecule has 0 aliphatic carbocycles. The van der Waals surface area contributed by atoms with Gasteiger partial charge in [-0.05, 0) is 115 Å². The molecule has 0 N–H and O–H groups in total. The van der Waals surface area contributed by atoms with Crippen LogP contribution in [0.1, 0.15) is 43.0 Å². The molecule has 0 unspecified atom stereocenters. The molecule has 0 saturated heterocycles. The largest absolute Gasteiger partial charge is 0.0729 e. The summed E-state index contributed by atoms with van der Waals surface area (Å²) in [5, 5.41) is 0. The molecule has 0 bridgehead atoms. The smallest absolute Gasteiger partial charge is 0.0248 e. The molecule has 0 aromatic heterocycles. The third-order valence-corrected chi connectivity index (χ3v) is 6.24. The summed E-state index contributed by atoms with van der Waals surface area (Å²) in [6.07, 6.45) is 0. The van der Waals surface area contributed by atoms with Gasteiger partial charge in [0.05, 0.1) is 0 Å². The van der Waals surface area contributed by atoms with E-state index in [1.807, 2.05) is 0 Å². The van der Waals surface area contributed by atoms with Crippen molar-refractivity contribution in [3.05, 3.63) is 35.0 Å². The van der Waals surface area contributed by atoms with Gasteiger partial charge in [-0.2, -0.15) is 0 Å². The molecule has 0 spiro atoms. The Labute approximate surface area is 126 Å². The maximum absolute atomic E-state index is 2.48. The highest BCUT2D eigenvalue weighted by atomic mass is 127. The molecule has 0 fully saturated rings. The second-order valence-corrected chi connectivity index (χ2v) is 6.66. The molecule has 0 nitrogen and oxygen atoms in total. The molecule has 1 aromatic rings. The van der Waals surface area contributed by atoms with E-state index in [-0.39, 0.29) is 0 Å². The molecule has 2 heteroatoms. The van der Waals surface area contributed by atoms with E-state index in [1.165, 1.54) is 40.5 Å². The summed E-state index contributed by atoms with van der Waals surface area (Å²) >= 11 is 4.94. The SMILES string of the molecule is CC(C)=C(C)c1c(C)c(C)c(I)c(C)c1I. The molecule has 1 rings (SSSR count). The van der Waals surface area contributed by atoms with Crippen molar-refractivity contribution in [2.24, 2.45) is 0 Å². The second kappa shape index (κ2) is 5.38. The molecular formula is C14H18I2. The molecule has 16 heavy (non-hydrogen) atoms. The van der Waals surface area contributed by atoms with Crippen molar-refractivity contribution >= 4 is 50.8 Å². The first kappa shape index (κ1) is 14.5. The zero-order chi connectivity index (χ0) is 12.6. The van der Waals surface area contributed by atoms with Crippen LogP contribution in [0, 0.1) is 27.9 Å². The summed E-state index contributed by atoms with van der Waals surface area (Å²) in [7, 11) is 0. The van der Waals surface area contributed by atoms with Crippen molar-refractivity contribution in [2.45, 2.75) is 41.5 Å². The average molecular weight is 440 g/mol. The summed E-state index contributed by atoms with van der Waals surface area (Å²) in [4.78, 5) is 0. The average Bonchev–Trinajstić information content (AvgIpc) is 2.23. The third kappa shape index (κ3) is 2.47. The third-order valence-electron chi connectivity index (χ3n) is 3.27. The zero-order valence-corrected chi connectivity index (χ0v) is 15.1. The first-order valence-electron chi connectivity index (χ1n) is 5.38. The Kier molecular flexibility index (Phi) is 4.87. The fraction of sp³-hybridized carbons (Fsp3) is 0.429. The van der Waals surface area contributed by atoms with E-state index in [2.05, 4.69) is 86.7 Å². The van der Waals surface area contributed by atoms with Crippen LogP contribution >= 0.6 is 45.2 Å². The van der Waals surface area contributed by atoms with Crippen molar-refractivity contribution in [3.8, 4) is 0 Å². The zero-order valence-electron chi connectivity index (χ0n) is 10.8. The Bertz CT molecular complexity index is 435. The highest BCUT2D eigenvalue weighted by molar-refractivity contribution is 14.1. The monoisotopic (exact) mass is 440 g/mol.